The summed E-state index contributed by atoms with van der Waals surface area (Å²) in [7, 11) is 0. The van der Waals surface area contributed by atoms with Crippen LogP contribution in [0.15, 0.2) is 10.7 Å². The highest BCUT2D eigenvalue weighted by atomic mass is 16.3. The fraction of sp³-hybridized carbons (Fsp3) is 0.667. The molecule has 0 aromatic carbocycles. The van der Waals surface area contributed by atoms with Gasteiger partial charge in [0, 0.05) is 6.54 Å². The van der Waals surface area contributed by atoms with Crippen molar-refractivity contribution in [3.05, 3.63) is 17.8 Å². The summed E-state index contributed by atoms with van der Waals surface area (Å²) in [5, 5.41) is 2.79. The maximum Gasteiger partial charge on any atom is 0.273 e. The van der Waals surface area contributed by atoms with Crippen LogP contribution in [0.4, 0.5) is 0 Å². The van der Waals surface area contributed by atoms with E-state index in [-0.39, 0.29) is 17.6 Å². The van der Waals surface area contributed by atoms with Crippen LogP contribution in [0.5, 0.6) is 0 Å². The predicted molar refractivity (Wildman–Crippen MR) is 69.0 cm³/mol. The minimum atomic E-state index is -0.303. The summed E-state index contributed by atoms with van der Waals surface area (Å²) < 4.78 is 5.10. The van der Waals surface area contributed by atoms with Gasteiger partial charge in [-0.15, -0.1) is 0 Å². The second-order valence-electron chi connectivity index (χ2n) is 4.32. The van der Waals surface area contributed by atoms with Gasteiger partial charge in [-0.1, -0.05) is 12.8 Å². The fourth-order valence-corrected chi connectivity index (χ4v) is 1.52. The van der Waals surface area contributed by atoms with Gasteiger partial charge in [0.25, 0.3) is 5.91 Å². The Morgan fingerprint density at radius 2 is 2.17 bits per heavy atom. The van der Waals surface area contributed by atoms with E-state index in [4.69, 9.17) is 15.9 Å². The first kappa shape index (κ1) is 14.7. The van der Waals surface area contributed by atoms with Gasteiger partial charge in [-0.2, -0.15) is 0 Å². The van der Waals surface area contributed by atoms with E-state index in [1.807, 2.05) is 0 Å². The second-order valence-corrected chi connectivity index (χ2v) is 4.32. The van der Waals surface area contributed by atoms with Crippen molar-refractivity contribution in [2.24, 2.45) is 11.5 Å². The van der Waals surface area contributed by atoms with Gasteiger partial charge in [0.15, 0.2) is 5.69 Å². The molecule has 1 atom stereocenters. The molecule has 0 bridgehead atoms. The number of rotatable bonds is 8. The lowest BCUT2D eigenvalue weighted by molar-refractivity contribution is 0.0948. The van der Waals surface area contributed by atoms with E-state index in [2.05, 4.69) is 10.3 Å². The van der Waals surface area contributed by atoms with E-state index in [0.29, 0.717) is 12.4 Å². The molecule has 0 aliphatic carbocycles. The van der Waals surface area contributed by atoms with Crippen LogP contribution in [0.25, 0.3) is 0 Å². The zero-order valence-electron chi connectivity index (χ0n) is 10.8. The summed E-state index contributed by atoms with van der Waals surface area (Å²) in [6.45, 7) is 3.13. The van der Waals surface area contributed by atoms with E-state index in [1.165, 1.54) is 6.26 Å². The highest BCUT2D eigenvalue weighted by molar-refractivity contribution is 5.91. The topological polar surface area (TPSA) is 107 Å². The quantitative estimate of drug-likeness (QED) is 0.598. The van der Waals surface area contributed by atoms with Crippen molar-refractivity contribution in [3.63, 3.8) is 0 Å². The smallest absolute Gasteiger partial charge is 0.273 e. The normalized spacial score (nSPS) is 12.4. The molecule has 102 valence electrons. The van der Waals surface area contributed by atoms with E-state index in [9.17, 15) is 4.79 Å². The predicted octanol–water partition coefficient (Wildman–Crippen LogP) is 0.943. The Balaban J connectivity index is 2.23. The third-order valence-corrected chi connectivity index (χ3v) is 2.56. The van der Waals surface area contributed by atoms with Crippen LogP contribution >= 0.6 is 0 Å². The van der Waals surface area contributed by atoms with Crippen molar-refractivity contribution in [1.82, 2.24) is 10.3 Å². The molecule has 1 aromatic rings. The molecule has 1 unspecified atom stereocenters. The van der Waals surface area contributed by atoms with Crippen LogP contribution in [0.3, 0.4) is 0 Å². The third kappa shape index (κ3) is 4.85. The number of hydrogen-bond donors (Lipinski definition) is 3. The average molecular weight is 254 g/mol. The number of oxazole rings is 1. The van der Waals surface area contributed by atoms with Crippen LogP contribution in [0.1, 0.15) is 55.0 Å². The molecule has 6 heteroatoms. The van der Waals surface area contributed by atoms with Crippen molar-refractivity contribution >= 4 is 5.91 Å². The summed E-state index contributed by atoms with van der Waals surface area (Å²) in [5.74, 6) is 0.160. The Morgan fingerprint density at radius 3 is 2.78 bits per heavy atom. The highest BCUT2D eigenvalue weighted by Crippen LogP contribution is 2.08. The lowest BCUT2D eigenvalue weighted by Crippen LogP contribution is -2.24. The number of nitrogens with one attached hydrogen (secondary N) is 1. The number of amides is 1. The first-order chi connectivity index (χ1) is 8.65. The number of unbranched alkanes of at least 4 members (excludes halogenated alkanes) is 3. The maximum atomic E-state index is 11.7. The molecule has 0 saturated carbocycles. The van der Waals surface area contributed by atoms with Gasteiger partial charge in [0.2, 0.25) is 5.89 Å². The highest BCUT2D eigenvalue weighted by Gasteiger charge is 2.13. The Kier molecular flexibility index (Phi) is 6.38. The van der Waals surface area contributed by atoms with Gasteiger partial charge in [0.1, 0.15) is 6.26 Å². The molecule has 0 fully saturated rings. The molecule has 1 rings (SSSR count). The van der Waals surface area contributed by atoms with Crippen molar-refractivity contribution < 1.29 is 9.21 Å². The third-order valence-electron chi connectivity index (χ3n) is 2.56. The van der Waals surface area contributed by atoms with Crippen molar-refractivity contribution in [2.45, 2.75) is 38.6 Å². The molecule has 6 nitrogen and oxygen atoms in total. The van der Waals surface area contributed by atoms with Gasteiger partial charge in [-0.25, -0.2) is 4.98 Å². The molecule has 1 amide bonds. The standard InChI is InChI=1S/C12H22N4O2/c1-9(14)12-16-10(8-18-12)11(17)15-7-5-3-2-4-6-13/h8-9H,2-7,13-14H2,1H3,(H,15,17). The molecule has 1 aromatic heterocycles. The summed E-state index contributed by atoms with van der Waals surface area (Å²) >= 11 is 0. The zero-order chi connectivity index (χ0) is 13.4. The van der Waals surface area contributed by atoms with Gasteiger partial charge < -0.3 is 21.2 Å². The average Bonchev–Trinajstić information content (AvgIpc) is 2.83. The first-order valence-corrected chi connectivity index (χ1v) is 6.34. The van der Waals surface area contributed by atoms with Gasteiger partial charge in [-0.3, -0.25) is 4.79 Å². The van der Waals surface area contributed by atoms with E-state index >= 15 is 0 Å². The molecule has 1 heterocycles. The Morgan fingerprint density at radius 1 is 1.44 bits per heavy atom. The monoisotopic (exact) mass is 254 g/mol. The van der Waals surface area contributed by atoms with Crippen LogP contribution in [-0.2, 0) is 0 Å². The molecular formula is C12H22N4O2. The number of carbonyl (C=O) groups is 1. The van der Waals surface area contributed by atoms with Crippen LogP contribution < -0.4 is 16.8 Å². The molecular weight excluding hydrogens is 232 g/mol. The number of nitrogens with zero attached hydrogens (tertiary/aromatic N) is 1. The number of nitrogens with two attached hydrogens (primary N) is 2. The lowest BCUT2D eigenvalue weighted by Gasteiger charge is -2.02. The molecule has 0 aliphatic rings. The van der Waals surface area contributed by atoms with Gasteiger partial charge in [-0.05, 0) is 26.3 Å². The van der Waals surface area contributed by atoms with Crippen LogP contribution in [0, 0.1) is 0 Å². The molecule has 0 radical (unpaired) electrons. The molecule has 0 saturated heterocycles. The Bertz CT molecular complexity index is 363. The molecule has 0 spiro atoms. The van der Waals surface area contributed by atoms with Crippen molar-refractivity contribution in [3.8, 4) is 0 Å². The Hall–Kier alpha value is -1.40. The number of carbonyl (C=O) groups excluding carboxylic acids is 1. The summed E-state index contributed by atoms with van der Waals surface area (Å²) in [6.07, 6.45) is 5.49. The van der Waals surface area contributed by atoms with Crippen molar-refractivity contribution in [2.75, 3.05) is 13.1 Å². The second kappa shape index (κ2) is 7.84. The minimum absolute atomic E-state index is 0.218. The Labute approximate surface area is 107 Å². The van der Waals surface area contributed by atoms with E-state index < -0.39 is 0 Å². The van der Waals surface area contributed by atoms with Gasteiger partial charge in [0.05, 0.1) is 6.04 Å². The SMILES string of the molecule is CC(N)c1nc(C(=O)NCCCCCCN)co1. The van der Waals surface area contributed by atoms with E-state index in [1.54, 1.807) is 6.92 Å². The largest absolute Gasteiger partial charge is 0.446 e. The summed E-state index contributed by atoms with van der Waals surface area (Å²) in [5.41, 5.74) is 11.3. The minimum Gasteiger partial charge on any atom is -0.446 e. The van der Waals surface area contributed by atoms with Crippen LogP contribution in [0.2, 0.25) is 0 Å². The maximum absolute atomic E-state index is 11.7. The molecule has 0 aliphatic heterocycles. The lowest BCUT2D eigenvalue weighted by atomic mass is 10.2. The number of aromatic nitrogens is 1. The first-order valence-electron chi connectivity index (χ1n) is 6.34. The van der Waals surface area contributed by atoms with E-state index in [0.717, 1.165) is 32.2 Å². The van der Waals surface area contributed by atoms with Gasteiger partial charge >= 0.3 is 0 Å². The summed E-state index contributed by atoms with van der Waals surface area (Å²) in [6, 6.07) is -0.303. The fourth-order valence-electron chi connectivity index (χ4n) is 1.52. The van der Waals surface area contributed by atoms with Crippen LogP contribution in [-0.4, -0.2) is 24.0 Å². The molecule has 18 heavy (non-hydrogen) atoms. The summed E-state index contributed by atoms with van der Waals surface area (Å²) in [4.78, 5) is 15.7. The van der Waals surface area contributed by atoms with Crippen molar-refractivity contribution in [1.29, 1.82) is 0 Å². The molecule has 5 N–H and O–H groups in total. The zero-order valence-corrected chi connectivity index (χ0v) is 10.8. The number of hydrogen-bond acceptors (Lipinski definition) is 5.